The Morgan fingerprint density at radius 1 is 1.08 bits per heavy atom. The first-order chi connectivity index (χ1) is 18.6. The number of aromatic nitrogens is 6. The molecule has 1 fully saturated rings. The van der Waals surface area contributed by atoms with Crippen LogP contribution in [0, 0.1) is 0 Å². The average molecular weight is 510 g/mol. The van der Waals surface area contributed by atoms with Gasteiger partial charge >= 0.3 is 0 Å². The number of hydrogen-bond donors (Lipinski definition) is 3. The molecule has 0 spiro atoms. The van der Waals surface area contributed by atoms with Gasteiger partial charge in [-0.1, -0.05) is 13.3 Å². The van der Waals surface area contributed by atoms with E-state index >= 15 is 0 Å². The topological polar surface area (TPSA) is 119 Å². The number of aromatic amines is 2. The monoisotopic (exact) mass is 509 g/mol. The first kappa shape index (κ1) is 24.1. The number of hydrogen-bond acceptors (Lipinski definition) is 7. The lowest BCUT2D eigenvalue weighted by Crippen LogP contribution is -2.44. The Bertz CT molecular complexity index is 1600. The Morgan fingerprint density at radius 2 is 1.95 bits per heavy atom. The van der Waals surface area contributed by atoms with Crippen molar-refractivity contribution in [1.82, 2.24) is 35.0 Å². The predicted octanol–water partition coefficient (Wildman–Crippen LogP) is 4.44. The molecular weight excluding hydrogens is 478 g/mol. The predicted molar refractivity (Wildman–Crippen MR) is 150 cm³/mol. The molecule has 194 valence electrons. The third-order valence-corrected chi connectivity index (χ3v) is 7.07. The van der Waals surface area contributed by atoms with E-state index in [1.807, 2.05) is 30.5 Å². The SMILES string of the molecule is CCCCC(=O)Nc1cncc(-c2ccc3[nH]nc(-c4cc5c(N6CCN(C)CC6)nccc5[nH]4)c3n2)c1. The van der Waals surface area contributed by atoms with Crippen LogP contribution in [0.15, 0.2) is 48.9 Å². The number of carbonyl (C=O) groups excluding carboxylic acids is 1. The number of carbonyl (C=O) groups is 1. The lowest BCUT2D eigenvalue weighted by atomic mass is 10.1. The molecule has 0 radical (unpaired) electrons. The van der Waals surface area contributed by atoms with Crippen molar-refractivity contribution < 1.29 is 4.79 Å². The van der Waals surface area contributed by atoms with E-state index in [1.54, 1.807) is 12.4 Å². The zero-order valence-electron chi connectivity index (χ0n) is 21.7. The smallest absolute Gasteiger partial charge is 0.224 e. The van der Waals surface area contributed by atoms with Crippen LogP contribution in [0.3, 0.4) is 0 Å². The van der Waals surface area contributed by atoms with E-state index in [1.165, 1.54) is 0 Å². The highest BCUT2D eigenvalue weighted by molar-refractivity contribution is 5.98. The fraction of sp³-hybridized carbons (Fsp3) is 0.321. The molecular formula is C28H31N9O. The Labute approximate surface area is 220 Å². The maximum atomic E-state index is 12.2. The summed E-state index contributed by atoms with van der Waals surface area (Å²) < 4.78 is 0. The molecule has 0 atom stereocenters. The van der Waals surface area contributed by atoms with Crippen molar-refractivity contribution in [1.29, 1.82) is 0 Å². The minimum Gasteiger partial charge on any atom is -0.353 e. The summed E-state index contributed by atoms with van der Waals surface area (Å²) in [6, 6.07) is 9.93. The van der Waals surface area contributed by atoms with Crippen molar-refractivity contribution in [3.63, 3.8) is 0 Å². The fourth-order valence-corrected chi connectivity index (χ4v) is 4.89. The molecule has 10 heteroatoms. The zero-order chi connectivity index (χ0) is 26.1. The summed E-state index contributed by atoms with van der Waals surface area (Å²) in [6.45, 7) is 6.01. The van der Waals surface area contributed by atoms with Crippen LogP contribution >= 0.6 is 0 Å². The first-order valence-electron chi connectivity index (χ1n) is 13.1. The Kier molecular flexibility index (Phi) is 6.47. The molecule has 1 aliphatic rings. The second-order valence-corrected chi connectivity index (χ2v) is 9.85. The van der Waals surface area contributed by atoms with Crippen molar-refractivity contribution in [2.45, 2.75) is 26.2 Å². The number of anilines is 2. The van der Waals surface area contributed by atoms with Crippen LogP contribution < -0.4 is 10.2 Å². The van der Waals surface area contributed by atoms with Crippen LogP contribution in [0.25, 0.3) is 44.6 Å². The van der Waals surface area contributed by atoms with Gasteiger partial charge in [-0.2, -0.15) is 5.10 Å². The lowest BCUT2D eigenvalue weighted by molar-refractivity contribution is -0.116. The molecule has 6 heterocycles. The summed E-state index contributed by atoms with van der Waals surface area (Å²) in [5, 5.41) is 11.7. The van der Waals surface area contributed by atoms with Gasteiger partial charge in [-0.25, -0.2) is 9.97 Å². The fourth-order valence-electron chi connectivity index (χ4n) is 4.89. The third kappa shape index (κ3) is 4.70. The molecule has 0 unspecified atom stereocenters. The molecule has 1 saturated heterocycles. The van der Waals surface area contributed by atoms with Crippen LogP contribution in [0.2, 0.25) is 0 Å². The van der Waals surface area contributed by atoms with E-state index in [0.717, 1.165) is 89.4 Å². The van der Waals surface area contributed by atoms with Crippen LogP contribution in [-0.4, -0.2) is 74.2 Å². The summed E-state index contributed by atoms with van der Waals surface area (Å²) in [4.78, 5) is 34.4. The normalized spacial score (nSPS) is 14.4. The maximum Gasteiger partial charge on any atom is 0.224 e. The maximum absolute atomic E-state index is 12.2. The molecule has 5 aromatic rings. The number of fused-ring (bicyclic) bond motifs is 2. The van der Waals surface area contributed by atoms with E-state index in [2.05, 4.69) is 55.3 Å². The van der Waals surface area contributed by atoms with Crippen molar-refractivity contribution in [2.24, 2.45) is 0 Å². The Balaban J connectivity index is 1.33. The summed E-state index contributed by atoms with van der Waals surface area (Å²) in [5.41, 5.74) is 6.51. The highest BCUT2D eigenvalue weighted by Crippen LogP contribution is 2.33. The molecule has 3 N–H and O–H groups in total. The van der Waals surface area contributed by atoms with Gasteiger partial charge in [-0.15, -0.1) is 0 Å². The standard InChI is InChI=1S/C28H31N9O/c1-3-4-5-25(38)31-19-14-18(16-29-17-19)21-6-7-23-26(33-21)27(35-34-23)24-15-20-22(32-24)8-9-30-28(20)37-12-10-36(2)11-13-37/h6-9,14-17,32H,3-5,10-13H2,1-2H3,(H,31,38)(H,34,35). The number of likely N-dealkylation sites (N-methyl/N-ethyl adjacent to an activating group) is 1. The number of unbranched alkanes of at least 4 members (excludes halogenated alkanes) is 1. The number of amides is 1. The number of rotatable bonds is 7. The number of H-pyrrole nitrogens is 2. The second-order valence-electron chi connectivity index (χ2n) is 9.85. The molecule has 5 aromatic heterocycles. The number of pyridine rings is 3. The van der Waals surface area contributed by atoms with Gasteiger partial charge in [-0.3, -0.25) is 14.9 Å². The van der Waals surface area contributed by atoms with Crippen molar-refractivity contribution >= 4 is 39.3 Å². The van der Waals surface area contributed by atoms with Gasteiger partial charge in [0.1, 0.15) is 17.0 Å². The largest absolute Gasteiger partial charge is 0.353 e. The quantitative estimate of drug-likeness (QED) is 0.297. The summed E-state index contributed by atoms with van der Waals surface area (Å²) in [5.74, 6) is 0.992. The van der Waals surface area contributed by atoms with Gasteiger partial charge in [0, 0.05) is 55.9 Å². The van der Waals surface area contributed by atoms with Gasteiger partial charge in [0.05, 0.1) is 34.3 Å². The second kappa shape index (κ2) is 10.2. The molecule has 1 aliphatic heterocycles. The van der Waals surface area contributed by atoms with E-state index < -0.39 is 0 Å². The highest BCUT2D eigenvalue weighted by atomic mass is 16.1. The van der Waals surface area contributed by atoms with Gasteiger partial charge in [0.25, 0.3) is 0 Å². The van der Waals surface area contributed by atoms with Gasteiger partial charge < -0.3 is 20.1 Å². The molecule has 10 nitrogen and oxygen atoms in total. The molecule has 0 aliphatic carbocycles. The average Bonchev–Trinajstić information content (AvgIpc) is 3.56. The van der Waals surface area contributed by atoms with E-state index in [0.29, 0.717) is 12.1 Å². The third-order valence-electron chi connectivity index (χ3n) is 7.07. The lowest BCUT2D eigenvalue weighted by Gasteiger charge is -2.33. The Hall–Kier alpha value is -4.31. The van der Waals surface area contributed by atoms with E-state index in [9.17, 15) is 4.79 Å². The minimum atomic E-state index is -0.00410. The van der Waals surface area contributed by atoms with Gasteiger partial charge in [0.2, 0.25) is 5.91 Å². The zero-order valence-corrected chi connectivity index (χ0v) is 21.7. The van der Waals surface area contributed by atoms with E-state index in [4.69, 9.17) is 9.97 Å². The summed E-state index contributed by atoms with van der Waals surface area (Å²) in [7, 11) is 2.15. The summed E-state index contributed by atoms with van der Waals surface area (Å²) in [6.07, 6.45) is 7.61. The molecule has 0 saturated carbocycles. The summed E-state index contributed by atoms with van der Waals surface area (Å²) >= 11 is 0. The molecule has 0 aromatic carbocycles. The van der Waals surface area contributed by atoms with E-state index in [-0.39, 0.29) is 5.91 Å². The number of piperazine rings is 1. The first-order valence-corrected chi connectivity index (χ1v) is 13.1. The van der Waals surface area contributed by atoms with Crippen LogP contribution in [0.4, 0.5) is 11.5 Å². The molecule has 0 bridgehead atoms. The molecule has 38 heavy (non-hydrogen) atoms. The van der Waals surface area contributed by atoms with Crippen molar-refractivity contribution in [3.8, 4) is 22.6 Å². The van der Waals surface area contributed by atoms with Gasteiger partial charge in [0.15, 0.2) is 0 Å². The minimum absolute atomic E-state index is 0.00410. The van der Waals surface area contributed by atoms with Crippen molar-refractivity contribution in [3.05, 3.63) is 48.9 Å². The molecule has 1 amide bonds. The van der Waals surface area contributed by atoms with Crippen molar-refractivity contribution in [2.75, 3.05) is 43.4 Å². The number of nitrogens with zero attached hydrogens (tertiary/aromatic N) is 6. The Morgan fingerprint density at radius 3 is 2.79 bits per heavy atom. The van der Waals surface area contributed by atoms with Gasteiger partial charge in [-0.05, 0) is 43.8 Å². The van der Waals surface area contributed by atoms with Crippen LogP contribution in [0.5, 0.6) is 0 Å². The van der Waals surface area contributed by atoms with Crippen LogP contribution in [0.1, 0.15) is 26.2 Å². The highest BCUT2D eigenvalue weighted by Gasteiger charge is 2.20. The number of nitrogens with one attached hydrogen (secondary N) is 3. The molecule has 6 rings (SSSR count). The van der Waals surface area contributed by atoms with Crippen LogP contribution in [-0.2, 0) is 4.79 Å².